The average Bonchev–Trinajstić information content (AvgIpc) is 2.21. The number of nitrogens with two attached hydrogens (primary N) is 1. The maximum absolute atomic E-state index is 11.2. The van der Waals surface area contributed by atoms with Crippen LogP contribution in [0.25, 0.3) is 0 Å². The van der Waals surface area contributed by atoms with E-state index in [1.54, 1.807) is 11.8 Å². The van der Waals surface area contributed by atoms with Crippen LogP contribution in [0, 0.1) is 0 Å². The Hall–Kier alpha value is -0.790. The summed E-state index contributed by atoms with van der Waals surface area (Å²) in [4.78, 5) is 21.4. The molecule has 15 heavy (non-hydrogen) atoms. The standard InChI is InChI=1S/C8H16N2O4S/c1-15-3-2-5(9)7(12)10-4-6(11)8(13)14/h5-6,11H,2-4,9H2,1H3,(H,10,12)(H,13,14)/t5-,6?/m0/s1. The topological polar surface area (TPSA) is 113 Å². The van der Waals surface area contributed by atoms with Gasteiger partial charge in [-0.2, -0.15) is 11.8 Å². The summed E-state index contributed by atoms with van der Waals surface area (Å²) >= 11 is 1.57. The molecule has 0 radical (unpaired) electrons. The number of aliphatic hydroxyl groups excluding tert-OH is 1. The second kappa shape index (κ2) is 7.49. The van der Waals surface area contributed by atoms with Crippen molar-refractivity contribution in [3.05, 3.63) is 0 Å². The van der Waals surface area contributed by atoms with Crippen molar-refractivity contribution in [2.45, 2.75) is 18.6 Å². The number of hydrogen-bond acceptors (Lipinski definition) is 5. The summed E-state index contributed by atoms with van der Waals surface area (Å²) in [7, 11) is 0. The summed E-state index contributed by atoms with van der Waals surface area (Å²) in [5.41, 5.74) is 5.51. The summed E-state index contributed by atoms with van der Waals surface area (Å²) in [6, 6.07) is -0.654. The quantitative estimate of drug-likeness (QED) is 0.434. The highest BCUT2D eigenvalue weighted by molar-refractivity contribution is 7.98. The first-order valence-electron chi connectivity index (χ1n) is 4.42. The van der Waals surface area contributed by atoms with Gasteiger partial charge in [0.05, 0.1) is 12.6 Å². The van der Waals surface area contributed by atoms with E-state index < -0.39 is 24.0 Å². The Balaban J connectivity index is 3.77. The Morgan fingerprint density at radius 2 is 2.13 bits per heavy atom. The largest absolute Gasteiger partial charge is 0.479 e. The van der Waals surface area contributed by atoms with Gasteiger partial charge in [0.1, 0.15) is 0 Å². The molecule has 1 amide bonds. The number of carbonyl (C=O) groups is 2. The number of rotatable bonds is 7. The minimum Gasteiger partial charge on any atom is -0.479 e. The van der Waals surface area contributed by atoms with E-state index in [9.17, 15) is 9.59 Å². The Morgan fingerprint density at radius 3 is 2.60 bits per heavy atom. The van der Waals surface area contributed by atoms with E-state index >= 15 is 0 Å². The first kappa shape index (κ1) is 14.2. The van der Waals surface area contributed by atoms with Crippen molar-refractivity contribution in [3.8, 4) is 0 Å². The molecule has 5 N–H and O–H groups in total. The van der Waals surface area contributed by atoms with Crippen LogP contribution in [0.5, 0.6) is 0 Å². The van der Waals surface area contributed by atoms with Crippen molar-refractivity contribution in [2.75, 3.05) is 18.6 Å². The minimum absolute atomic E-state index is 0.318. The first-order valence-corrected chi connectivity index (χ1v) is 5.81. The molecule has 0 bridgehead atoms. The van der Waals surface area contributed by atoms with Gasteiger partial charge in [0.25, 0.3) is 0 Å². The zero-order valence-corrected chi connectivity index (χ0v) is 9.29. The molecule has 6 nitrogen and oxygen atoms in total. The van der Waals surface area contributed by atoms with E-state index in [0.29, 0.717) is 6.42 Å². The zero-order chi connectivity index (χ0) is 11.8. The third-order valence-corrected chi connectivity index (χ3v) is 2.37. The molecule has 0 aromatic carbocycles. The van der Waals surface area contributed by atoms with E-state index in [1.165, 1.54) is 0 Å². The fraction of sp³-hybridized carbons (Fsp3) is 0.750. The number of hydrogen-bond donors (Lipinski definition) is 4. The van der Waals surface area contributed by atoms with Crippen molar-refractivity contribution in [3.63, 3.8) is 0 Å². The van der Waals surface area contributed by atoms with Crippen LogP contribution < -0.4 is 11.1 Å². The van der Waals surface area contributed by atoms with Crippen LogP contribution in [0.2, 0.25) is 0 Å². The van der Waals surface area contributed by atoms with E-state index in [2.05, 4.69) is 5.32 Å². The summed E-state index contributed by atoms with van der Waals surface area (Å²) in [6.07, 6.45) is 0.844. The van der Waals surface area contributed by atoms with Crippen molar-refractivity contribution >= 4 is 23.6 Å². The highest BCUT2D eigenvalue weighted by atomic mass is 32.2. The van der Waals surface area contributed by atoms with Crippen molar-refractivity contribution in [1.82, 2.24) is 5.32 Å². The SMILES string of the molecule is CSCC[C@H](N)C(=O)NCC(O)C(=O)O. The number of carboxylic acids is 1. The van der Waals surface area contributed by atoms with Crippen LogP contribution in [0.4, 0.5) is 0 Å². The second-order valence-electron chi connectivity index (χ2n) is 2.99. The minimum atomic E-state index is -1.58. The molecule has 88 valence electrons. The maximum atomic E-state index is 11.2. The van der Waals surface area contributed by atoms with Crippen molar-refractivity contribution in [1.29, 1.82) is 0 Å². The number of amides is 1. The van der Waals surface area contributed by atoms with Gasteiger partial charge in [-0.3, -0.25) is 4.79 Å². The van der Waals surface area contributed by atoms with E-state index in [1.807, 2.05) is 6.26 Å². The molecule has 1 unspecified atom stereocenters. The Morgan fingerprint density at radius 1 is 1.53 bits per heavy atom. The smallest absolute Gasteiger partial charge is 0.334 e. The number of aliphatic carboxylic acids is 1. The van der Waals surface area contributed by atoms with Crippen LogP contribution in [-0.4, -0.2) is 52.8 Å². The normalized spacial score (nSPS) is 14.3. The van der Waals surface area contributed by atoms with Gasteiger partial charge in [0.2, 0.25) is 5.91 Å². The molecule has 0 saturated heterocycles. The number of nitrogens with one attached hydrogen (secondary N) is 1. The van der Waals surface area contributed by atoms with E-state index in [-0.39, 0.29) is 6.54 Å². The number of carboxylic acid groups (broad SMARTS) is 1. The summed E-state index contributed by atoms with van der Waals surface area (Å²) in [5.74, 6) is -1.05. The third-order valence-electron chi connectivity index (χ3n) is 1.72. The number of thioether (sulfide) groups is 1. The molecule has 0 heterocycles. The van der Waals surface area contributed by atoms with Gasteiger partial charge in [0, 0.05) is 0 Å². The van der Waals surface area contributed by atoms with Gasteiger partial charge >= 0.3 is 5.97 Å². The van der Waals surface area contributed by atoms with E-state index in [4.69, 9.17) is 15.9 Å². The summed E-state index contributed by atoms with van der Waals surface area (Å²) in [6.45, 7) is -0.318. The summed E-state index contributed by atoms with van der Waals surface area (Å²) < 4.78 is 0. The molecule has 0 aliphatic rings. The zero-order valence-electron chi connectivity index (χ0n) is 8.47. The molecule has 0 aromatic rings. The lowest BCUT2D eigenvalue weighted by Crippen LogP contribution is -2.45. The van der Waals surface area contributed by atoms with Crippen molar-refractivity contribution in [2.24, 2.45) is 5.73 Å². The Kier molecular flexibility index (Phi) is 7.10. The second-order valence-corrected chi connectivity index (χ2v) is 3.97. The predicted molar refractivity (Wildman–Crippen MR) is 57.6 cm³/mol. The monoisotopic (exact) mass is 236 g/mol. The summed E-state index contributed by atoms with van der Waals surface area (Å²) in [5, 5.41) is 19.5. The Bertz CT molecular complexity index is 225. The predicted octanol–water partition coefficient (Wildman–Crippen LogP) is -1.37. The average molecular weight is 236 g/mol. The maximum Gasteiger partial charge on any atom is 0.334 e. The molecule has 0 aromatic heterocycles. The molecule has 0 aliphatic heterocycles. The van der Waals surface area contributed by atoms with Gasteiger partial charge in [-0.15, -0.1) is 0 Å². The molecule has 2 atom stereocenters. The van der Waals surface area contributed by atoms with Gasteiger partial charge in [0.15, 0.2) is 6.10 Å². The molecule has 0 fully saturated rings. The lowest BCUT2D eigenvalue weighted by atomic mass is 10.2. The molecular weight excluding hydrogens is 220 g/mol. The lowest BCUT2D eigenvalue weighted by molar-refractivity contribution is -0.146. The van der Waals surface area contributed by atoms with Gasteiger partial charge in [-0.25, -0.2) is 4.79 Å². The van der Waals surface area contributed by atoms with E-state index in [0.717, 1.165) is 5.75 Å². The Labute approximate surface area is 92.2 Å². The molecule has 7 heteroatoms. The fourth-order valence-electron chi connectivity index (χ4n) is 0.792. The fourth-order valence-corrected chi connectivity index (χ4v) is 1.28. The number of carbonyl (C=O) groups excluding carboxylic acids is 1. The molecule has 0 rings (SSSR count). The first-order chi connectivity index (χ1) is 6.99. The highest BCUT2D eigenvalue weighted by Gasteiger charge is 2.17. The van der Waals surface area contributed by atoms with Gasteiger partial charge < -0.3 is 21.3 Å². The number of aliphatic hydroxyl groups is 1. The van der Waals surface area contributed by atoms with Crippen LogP contribution in [0.1, 0.15) is 6.42 Å². The van der Waals surface area contributed by atoms with Crippen molar-refractivity contribution < 1.29 is 19.8 Å². The van der Waals surface area contributed by atoms with Gasteiger partial charge in [-0.1, -0.05) is 0 Å². The molecule has 0 saturated carbocycles. The van der Waals surface area contributed by atoms with Crippen LogP contribution in [0.3, 0.4) is 0 Å². The highest BCUT2D eigenvalue weighted by Crippen LogP contribution is 1.98. The third kappa shape index (κ3) is 6.32. The van der Waals surface area contributed by atoms with Crippen LogP contribution in [-0.2, 0) is 9.59 Å². The van der Waals surface area contributed by atoms with Crippen LogP contribution in [0.15, 0.2) is 0 Å². The van der Waals surface area contributed by atoms with Crippen LogP contribution >= 0.6 is 11.8 Å². The lowest BCUT2D eigenvalue weighted by Gasteiger charge is -2.12. The molecular formula is C8H16N2O4S. The van der Waals surface area contributed by atoms with Gasteiger partial charge in [-0.05, 0) is 18.4 Å². The molecule has 0 spiro atoms. The molecule has 0 aliphatic carbocycles.